The molecule has 3 unspecified atom stereocenters. The van der Waals surface area contributed by atoms with Gasteiger partial charge in [-0.1, -0.05) is 27.2 Å². The normalized spacial score (nSPS) is 31.2. The fraction of sp³-hybridized carbons (Fsp3) is 1.00. The number of aliphatic hydroxyl groups is 1. The van der Waals surface area contributed by atoms with E-state index in [0.29, 0.717) is 12.0 Å². The Morgan fingerprint density at radius 3 is 2.38 bits per heavy atom. The van der Waals surface area contributed by atoms with Gasteiger partial charge in [0.05, 0.1) is 6.10 Å². The molecule has 0 spiro atoms. The fourth-order valence-electron chi connectivity index (χ4n) is 1.85. The van der Waals surface area contributed by atoms with Crippen LogP contribution in [-0.4, -0.2) is 17.5 Å². The molecule has 0 saturated carbocycles. The molecule has 0 bridgehead atoms. The van der Waals surface area contributed by atoms with Gasteiger partial charge in [-0.05, 0) is 24.7 Å². The lowest BCUT2D eigenvalue weighted by Gasteiger charge is -2.19. The van der Waals surface area contributed by atoms with Crippen molar-refractivity contribution in [3.8, 4) is 0 Å². The van der Waals surface area contributed by atoms with Gasteiger partial charge in [0, 0.05) is 6.42 Å². The van der Waals surface area contributed by atoms with Crippen molar-refractivity contribution in [3.63, 3.8) is 0 Å². The quantitative estimate of drug-likeness (QED) is 0.731. The van der Waals surface area contributed by atoms with Crippen LogP contribution in [0.3, 0.4) is 0 Å². The third-order valence-electron chi connectivity index (χ3n) is 2.86. The van der Waals surface area contributed by atoms with Gasteiger partial charge in [-0.3, -0.25) is 0 Å². The van der Waals surface area contributed by atoms with Crippen LogP contribution in [0.4, 0.5) is 0 Å². The third kappa shape index (κ3) is 3.65. The van der Waals surface area contributed by atoms with Gasteiger partial charge in [-0.2, -0.15) is 0 Å². The number of aliphatic hydroxyl groups excluding tert-OH is 1. The summed E-state index contributed by atoms with van der Waals surface area (Å²) in [5.74, 6) is 1.37. The first-order chi connectivity index (χ1) is 6.09. The predicted molar refractivity (Wildman–Crippen MR) is 53.3 cm³/mol. The lowest BCUT2D eigenvalue weighted by atomic mass is 9.93. The Balaban J connectivity index is 2.19. The maximum atomic E-state index is 9.20. The van der Waals surface area contributed by atoms with Crippen LogP contribution in [0.25, 0.3) is 0 Å². The molecule has 78 valence electrons. The van der Waals surface area contributed by atoms with Crippen LogP contribution in [0.15, 0.2) is 0 Å². The molecule has 2 nitrogen and oxygen atoms in total. The molecule has 2 heteroatoms. The van der Waals surface area contributed by atoms with Gasteiger partial charge in [0.15, 0.2) is 6.29 Å². The second kappa shape index (κ2) is 4.97. The molecule has 0 amide bonds. The molecule has 1 heterocycles. The first-order valence-corrected chi connectivity index (χ1v) is 5.43. The molecular weight excluding hydrogens is 164 g/mol. The zero-order chi connectivity index (χ0) is 9.84. The van der Waals surface area contributed by atoms with Crippen molar-refractivity contribution < 1.29 is 9.84 Å². The van der Waals surface area contributed by atoms with Crippen molar-refractivity contribution in [2.45, 2.75) is 58.8 Å². The number of hydrogen-bond acceptors (Lipinski definition) is 2. The minimum absolute atomic E-state index is 0.300. The molecule has 1 rings (SSSR count). The van der Waals surface area contributed by atoms with Crippen LogP contribution in [0, 0.1) is 11.8 Å². The maximum absolute atomic E-state index is 9.20. The van der Waals surface area contributed by atoms with Crippen LogP contribution in [0.2, 0.25) is 0 Å². The summed E-state index contributed by atoms with van der Waals surface area (Å²) in [6, 6.07) is 0. The van der Waals surface area contributed by atoms with Gasteiger partial charge in [-0.25, -0.2) is 0 Å². The van der Waals surface area contributed by atoms with Gasteiger partial charge in [0.25, 0.3) is 0 Å². The van der Waals surface area contributed by atoms with Crippen LogP contribution in [0.1, 0.15) is 46.5 Å². The van der Waals surface area contributed by atoms with E-state index < -0.39 is 6.29 Å². The van der Waals surface area contributed by atoms with Crippen molar-refractivity contribution in [1.29, 1.82) is 0 Å². The van der Waals surface area contributed by atoms with Crippen LogP contribution >= 0.6 is 0 Å². The highest BCUT2D eigenvalue weighted by molar-refractivity contribution is 4.73. The minimum atomic E-state index is -0.494. The van der Waals surface area contributed by atoms with E-state index in [9.17, 15) is 5.11 Å². The van der Waals surface area contributed by atoms with Crippen molar-refractivity contribution >= 4 is 0 Å². The van der Waals surface area contributed by atoms with Crippen LogP contribution in [0.5, 0.6) is 0 Å². The summed E-state index contributed by atoms with van der Waals surface area (Å²) >= 11 is 0. The molecule has 0 aliphatic carbocycles. The number of rotatable bonds is 4. The molecule has 0 radical (unpaired) electrons. The predicted octanol–water partition coefficient (Wildman–Crippen LogP) is 2.56. The molecule has 1 saturated heterocycles. The summed E-state index contributed by atoms with van der Waals surface area (Å²) in [5, 5.41) is 9.20. The maximum Gasteiger partial charge on any atom is 0.155 e. The summed E-state index contributed by atoms with van der Waals surface area (Å²) in [7, 11) is 0. The molecule has 0 aromatic rings. The summed E-state index contributed by atoms with van der Waals surface area (Å²) < 4.78 is 5.41. The smallest absolute Gasteiger partial charge is 0.155 e. The van der Waals surface area contributed by atoms with E-state index in [0.717, 1.165) is 18.8 Å². The van der Waals surface area contributed by atoms with E-state index in [1.165, 1.54) is 12.8 Å². The lowest BCUT2D eigenvalue weighted by molar-refractivity contribution is -0.104. The van der Waals surface area contributed by atoms with Crippen molar-refractivity contribution in [2.75, 3.05) is 0 Å². The summed E-state index contributed by atoms with van der Waals surface area (Å²) in [4.78, 5) is 0. The topological polar surface area (TPSA) is 29.5 Å². The van der Waals surface area contributed by atoms with E-state index in [2.05, 4.69) is 20.8 Å². The van der Waals surface area contributed by atoms with Crippen molar-refractivity contribution in [3.05, 3.63) is 0 Å². The standard InChI is InChI=1S/C11H22O2/c1-8(2)4-5-9(3)10-6-7-11(12)13-10/h8-12H,4-7H2,1-3H3. The Hall–Kier alpha value is -0.0800. The van der Waals surface area contributed by atoms with E-state index in [1.54, 1.807) is 0 Å². The van der Waals surface area contributed by atoms with Crippen molar-refractivity contribution in [2.24, 2.45) is 11.8 Å². The fourth-order valence-corrected chi connectivity index (χ4v) is 1.85. The highest BCUT2D eigenvalue weighted by Gasteiger charge is 2.27. The van der Waals surface area contributed by atoms with Gasteiger partial charge in [0.2, 0.25) is 0 Å². The monoisotopic (exact) mass is 186 g/mol. The minimum Gasteiger partial charge on any atom is -0.368 e. The number of hydrogen-bond donors (Lipinski definition) is 1. The Morgan fingerprint density at radius 2 is 1.92 bits per heavy atom. The van der Waals surface area contributed by atoms with Crippen LogP contribution < -0.4 is 0 Å². The lowest BCUT2D eigenvalue weighted by Crippen LogP contribution is -2.19. The second-order valence-electron chi connectivity index (χ2n) is 4.66. The highest BCUT2D eigenvalue weighted by Crippen LogP contribution is 2.27. The second-order valence-corrected chi connectivity index (χ2v) is 4.66. The highest BCUT2D eigenvalue weighted by atomic mass is 16.6. The summed E-state index contributed by atoms with van der Waals surface area (Å²) in [6.45, 7) is 6.72. The Labute approximate surface area is 81.3 Å². The number of ether oxygens (including phenoxy) is 1. The first-order valence-electron chi connectivity index (χ1n) is 5.43. The van der Waals surface area contributed by atoms with Gasteiger partial charge >= 0.3 is 0 Å². The molecule has 1 aliphatic rings. The van der Waals surface area contributed by atoms with Gasteiger partial charge in [-0.15, -0.1) is 0 Å². The molecule has 1 fully saturated rings. The zero-order valence-corrected chi connectivity index (χ0v) is 8.99. The van der Waals surface area contributed by atoms with Crippen molar-refractivity contribution in [1.82, 2.24) is 0 Å². The van der Waals surface area contributed by atoms with E-state index >= 15 is 0 Å². The van der Waals surface area contributed by atoms with Crippen LogP contribution in [-0.2, 0) is 4.74 Å². The molecule has 1 N–H and O–H groups in total. The average Bonchev–Trinajstić information content (AvgIpc) is 2.47. The third-order valence-corrected chi connectivity index (χ3v) is 2.86. The van der Waals surface area contributed by atoms with E-state index in [1.807, 2.05) is 0 Å². The Morgan fingerprint density at radius 1 is 1.23 bits per heavy atom. The Kier molecular flexibility index (Phi) is 4.20. The SMILES string of the molecule is CC(C)CCC(C)C1CCC(O)O1. The molecule has 1 aliphatic heterocycles. The van der Waals surface area contributed by atoms with E-state index in [4.69, 9.17) is 4.74 Å². The van der Waals surface area contributed by atoms with Gasteiger partial charge < -0.3 is 9.84 Å². The largest absolute Gasteiger partial charge is 0.368 e. The molecule has 0 aromatic heterocycles. The molecule has 3 atom stereocenters. The zero-order valence-electron chi connectivity index (χ0n) is 8.99. The summed E-state index contributed by atoms with van der Waals surface area (Å²) in [5.41, 5.74) is 0. The summed E-state index contributed by atoms with van der Waals surface area (Å²) in [6.07, 6.45) is 4.13. The molecule has 0 aromatic carbocycles. The van der Waals surface area contributed by atoms with E-state index in [-0.39, 0.29) is 0 Å². The molecular formula is C11H22O2. The van der Waals surface area contributed by atoms with Gasteiger partial charge in [0.1, 0.15) is 0 Å². The Bertz CT molecular complexity index is 145. The molecule has 13 heavy (non-hydrogen) atoms. The first kappa shape index (κ1) is 11.0. The average molecular weight is 186 g/mol.